The second-order valence-electron chi connectivity index (χ2n) is 6.50. The van der Waals surface area contributed by atoms with Gasteiger partial charge in [-0.05, 0) is 13.8 Å². The fraction of sp³-hybridized carbons (Fsp3) is 0.611. The van der Waals surface area contributed by atoms with Crippen LogP contribution in [0.3, 0.4) is 0 Å². The first-order valence-electron chi connectivity index (χ1n) is 8.71. The summed E-state index contributed by atoms with van der Waals surface area (Å²) in [5, 5.41) is 9.73. The van der Waals surface area contributed by atoms with Crippen LogP contribution in [-0.4, -0.2) is 54.3 Å². The van der Waals surface area contributed by atoms with Gasteiger partial charge in [0.15, 0.2) is 12.1 Å². The quantitative estimate of drug-likeness (QED) is 0.339. The molecule has 0 aromatic heterocycles. The Morgan fingerprint density at radius 3 is 2.65 bits per heavy atom. The summed E-state index contributed by atoms with van der Waals surface area (Å²) in [6.07, 6.45) is -1.30. The third-order valence-electron chi connectivity index (χ3n) is 4.66. The van der Waals surface area contributed by atoms with Crippen molar-refractivity contribution in [1.82, 2.24) is 5.01 Å². The van der Waals surface area contributed by atoms with Crippen molar-refractivity contribution >= 4 is 17.4 Å². The van der Waals surface area contributed by atoms with Crippen molar-refractivity contribution in [2.24, 2.45) is 10.3 Å². The zero-order valence-electron chi connectivity index (χ0n) is 15.1. The van der Waals surface area contributed by atoms with E-state index >= 15 is 0 Å². The average Bonchev–Trinajstić information content (AvgIpc) is 2.65. The van der Waals surface area contributed by atoms with Gasteiger partial charge in [-0.3, -0.25) is 9.80 Å². The smallest absolute Gasteiger partial charge is 0.184 e. The van der Waals surface area contributed by atoms with Crippen LogP contribution < -0.4 is 0 Å². The molecule has 2 aliphatic heterocycles. The van der Waals surface area contributed by atoms with Crippen LogP contribution >= 0.6 is 11.6 Å². The van der Waals surface area contributed by atoms with Crippen LogP contribution in [0.4, 0.5) is 0 Å². The zero-order valence-corrected chi connectivity index (χ0v) is 15.9. The van der Waals surface area contributed by atoms with E-state index in [1.807, 2.05) is 37.3 Å². The Labute approximate surface area is 158 Å². The summed E-state index contributed by atoms with van der Waals surface area (Å²) < 4.78 is 18.0. The predicted molar refractivity (Wildman–Crippen MR) is 95.7 cm³/mol. The number of fused-ring (bicyclic) bond motifs is 1. The van der Waals surface area contributed by atoms with E-state index in [4.69, 9.17) is 25.8 Å². The molecule has 1 aromatic carbocycles. The minimum Gasteiger partial charge on any atom is -0.362 e. The molecule has 2 fully saturated rings. The van der Waals surface area contributed by atoms with Gasteiger partial charge in [0.25, 0.3) is 0 Å². The normalized spacial score (nSPS) is 32.8. The van der Waals surface area contributed by atoms with Gasteiger partial charge in [0.1, 0.15) is 23.8 Å². The van der Waals surface area contributed by atoms with Crippen LogP contribution in [-0.2, 0) is 19.0 Å². The number of rotatable bonds is 5. The van der Waals surface area contributed by atoms with Crippen LogP contribution in [0.1, 0.15) is 32.1 Å². The number of hydrogen-bond donors (Lipinski definition) is 0. The number of alkyl halides is 1. The molecule has 26 heavy (non-hydrogen) atoms. The summed E-state index contributed by atoms with van der Waals surface area (Å²) in [7, 11) is 1.59. The Kier molecular flexibility index (Phi) is 6.24. The number of carbonyl (C=O) groups excluding carboxylic acids is 1. The Morgan fingerprint density at radius 1 is 1.31 bits per heavy atom. The Morgan fingerprint density at radius 2 is 2.04 bits per heavy atom. The summed E-state index contributed by atoms with van der Waals surface area (Å²) in [6.45, 7) is 3.67. The summed E-state index contributed by atoms with van der Waals surface area (Å²) in [5.74, 6) is -0.0331. The Balaban J connectivity index is 1.87. The van der Waals surface area contributed by atoms with Gasteiger partial charge in [0, 0.05) is 12.0 Å². The van der Waals surface area contributed by atoms with Crippen molar-refractivity contribution in [2.75, 3.05) is 13.7 Å². The van der Waals surface area contributed by atoms with E-state index in [9.17, 15) is 4.79 Å². The molecule has 2 saturated heterocycles. The molecule has 8 heteroatoms. The number of nitrogens with zero attached hydrogens (tertiary/aromatic N) is 3. The van der Waals surface area contributed by atoms with Crippen molar-refractivity contribution in [3.05, 3.63) is 35.9 Å². The zero-order chi connectivity index (χ0) is 18.7. The third-order valence-corrected chi connectivity index (χ3v) is 4.86. The first-order chi connectivity index (χ1) is 12.5. The van der Waals surface area contributed by atoms with Crippen molar-refractivity contribution in [3.63, 3.8) is 0 Å². The minimum atomic E-state index is -0.535. The van der Waals surface area contributed by atoms with Crippen LogP contribution in [0.5, 0.6) is 0 Å². The molecular formula is C18H24ClN3O4. The van der Waals surface area contributed by atoms with Gasteiger partial charge in [0.2, 0.25) is 0 Å². The van der Waals surface area contributed by atoms with Crippen LogP contribution in [0.15, 0.2) is 40.7 Å². The van der Waals surface area contributed by atoms with E-state index in [0.29, 0.717) is 13.0 Å². The number of ketones is 1. The number of ether oxygens (including phenoxy) is 3. The molecule has 2 aliphatic rings. The molecule has 2 heterocycles. The Hall–Kier alpha value is -1.54. The van der Waals surface area contributed by atoms with E-state index in [2.05, 4.69) is 10.3 Å². The van der Waals surface area contributed by atoms with E-state index in [1.54, 1.807) is 12.1 Å². The highest BCUT2D eigenvalue weighted by Crippen LogP contribution is 2.37. The molecule has 0 N–H and O–H groups in total. The lowest BCUT2D eigenvalue weighted by atomic mass is 9.92. The number of hydrogen-bond acceptors (Lipinski definition) is 6. The fourth-order valence-corrected chi connectivity index (χ4v) is 3.62. The number of halogens is 1. The number of carbonyl (C=O) groups is 1. The molecule has 1 aromatic rings. The van der Waals surface area contributed by atoms with E-state index in [1.165, 1.54) is 6.92 Å². The average molecular weight is 382 g/mol. The van der Waals surface area contributed by atoms with Gasteiger partial charge in [-0.25, -0.2) is 0 Å². The summed E-state index contributed by atoms with van der Waals surface area (Å²) in [5.41, 5.74) is 0.526. The highest BCUT2D eigenvalue weighted by atomic mass is 35.5. The van der Waals surface area contributed by atoms with Crippen LogP contribution in [0.25, 0.3) is 0 Å². The fourth-order valence-electron chi connectivity index (χ4n) is 3.43. The lowest BCUT2D eigenvalue weighted by Gasteiger charge is -2.48. The molecule has 0 spiro atoms. The van der Waals surface area contributed by atoms with Crippen LogP contribution in [0.2, 0.25) is 0 Å². The van der Waals surface area contributed by atoms with Gasteiger partial charge < -0.3 is 14.2 Å². The maximum Gasteiger partial charge on any atom is 0.184 e. The van der Waals surface area contributed by atoms with Crippen LogP contribution in [0, 0.1) is 0 Å². The number of Topliss-reactive ketones (excluding diaryl/α,β-unsaturated/α-hetero) is 1. The molecule has 3 rings (SSSR count). The highest BCUT2D eigenvalue weighted by Gasteiger charge is 2.48. The molecule has 7 nitrogen and oxygen atoms in total. The molecule has 3 unspecified atom stereocenters. The van der Waals surface area contributed by atoms with Gasteiger partial charge in [0.05, 0.1) is 19.7 Å². The third kappa shape index (κ3) is 4.06. The molecule has 0 aliphatic carbocycles. The molecule has 0 bridgehead atoms. The van der Waals surface area contributed by atoms with E-state index in [-0.39, 0.29) is 24.0 Å². The van der Waals surface area contributed by atoms with Gasteiger partial charge >= 0.3 is 0 Å². The standard InChI is InChI=1S/C18H24ClN3O4/c1-11(23)15-9-14(22(12(2)19)21-20-3)17-16(25-15)10-24-18(26-17)13-7-5-4-6-8-13/h4-8,12,14-18H,9-10H2,1-3H3/b21-20-/t12?,14-,15?,16-,17-,18?/m1/s1. The molecule has 0 saturated carbocycles. The first-order valence-corrected chi connectivity index (χ1v) is 9.15. The highest BCUT2D eigenvalue weighted by molar-refractivity contribution is 6.20. The second-order valence-corrected chi connectivity index (χ2v) is 7.13. The number of benzene rings is 1. The lowest BCUT2D eigenvalue weighted by Crippen LogP contribution is -2.61. The van der Waals surface area contributed by atoms with Crippen molar-refractivity contribution < 1.29 is 19.0 Å². The largest absolute Gasteiger partial charge is 0.362 e. The summed E-state index contributed by atoms with van der Waals surface area (Å²) in [4.78, 5) is 11.9. The maximum atomic E-state index is 11.9. The summed E-state index contributed by atoms with van der Waals surface area (Å²) in [6, 6.07) is 9.48. The molecule has 6 atom stereocenters. The summed E-state index contributed by atoms with van der Waals surface area (Å²) >= 11 is 6.33. The maximum absolute atomic E-state index is 11.9. The SMILES string of the molecule is C/N=N\N(C(C)Cl)[C@@H]1CC(C(C)=O)O[C@@H]2COC(c3ccccc3)O[C@H]12. The topological polar surface area (TPSA) is 72.7 Å². The van der Waals surface area contributed by atoms with E-state index < -0.39 is 17.9 Å². The van der Waals surface area contributed by atoms with Gasteiger partial charge in [-0.1, -0.05) is 47.2 Å². The molecular weight excluding hydrogens is 358 g/mol. The van der Waals surface area contributed by atoms with Crippen molar-refractivity contribution in [1.29, 1.82) is 0 Å². The van der Waals surface area contributed by atoms with Crippen molar-refractivity contribution in [3.8, 4) is 0 Å². The molecule has 0 radical (unpaired) electrons. The lowest BCUT2D eigenvalue weighted by molar-refractivity contribution is -0.300. The van der Waals surface area contributed by atoms with Crippen molar-refractivity contribution in [2.45, 2.75) is 56.4 Å². The van der Waals surface area contributed by atoms with E-state index in [0.717, 1.165) is 5.56 Å². The first kappa shape index (κ1) is 19.2. The second kappa shape index (κ2) is 8.43. The monoisotopic (exact) mass is 381 g/mol. The van der Waals surface area contributed by atoms with Gasteiger partial charge in [-0.15, -0.1) is 0 Å². The molecule has 0 amide bonds. The predicted octanol–water partition coefficient (Wildman–Crippen LogP) is 3.10. The Bertz CT molecular complexity index is 643. The van der Waals surface area contributed by atoms with Gasteiger partial charge in [-0.2, -0.15) is 5.11 Å². The minimum absolute atomic E-state index is 0.0331. The molecule has 142 valence electrons.